The van der Waals surface area contributed by atoms with Crippen LogP contribution in [0.3, 0.4) is 0 Å². The van der Waals surface area contributed by atoms with Crippen LogP contribution in [0.4, 0.5) is 0 Å². The zero-order valence-electron chi connectivity index (χ0n) is 17.7. The molecule has 0 spiro atoms. The maximum absolute atomic E-state index is 11.6. The van der Waals surface area contributed by atoms with Crippen LogP contribution >= 0.6 is 12.2 Å². The molecule has 3 heterocycles. The van der Waals surface area contributed by atoms with Crippen LogP contribution in [-0.4, -0.2) is 39.2 Å². The van der Waals surface area contributed by atoms with E-state index in [9.17, 15) is 4.79 Å². The molecule has 6 nitrogen and oxygen atoms in total. The molecule has 0 radical (unpaired) electrons. The van der Waals surface area contributed by atoms with E-state index >= 15 is 0 Å². The Kier molecular flexibility index (Phi) is 6.32. The summed E-state index contributed by atoms with van der Waals surface area (Å²) in [4.78, 5) is 18.4. The molecule has 1 fully saturated rings. The average molecular weight is 435 g/mol. The molecule has 0 saturated carbocycles. The van der Waals surface area contributed by atoms with Crippen molar-refractivity contribution in [3.63, 3.8) is 0 Å². The predicted octanol–water partition coefficient (Wildman–Crippen LogP) is 4.11. The first kappa shape index (κ1) is 21.1. The summed E-state index contributed by atoms with van der Waals surface area (Å²) in [6.45, 7) is 2.74. The highest BCUT2D eigenvalue weighted by Crippen LogP contribution is 2.39. The standard InChI is InChI=1S/C24H26N4O2S/c1-17-8-5-9-18(16-17)27-14-6-11-20(27)23-22(19-10-3-4-13-25-19)26-24(31)28(23)15-7-12-21(29)30-2/h3-6,8-11,13-14,16,22-23H,7,12,15H2,1-2H3,(H,26,31)/t22-,23+/m1/s1. The van der Waals surface area contributed by atoms with Crippen molar-refractivity contribution in [1.29, 1.82) is 0 Å². The normalized spacial score (nSPS) is 18.1. The van der Waals surface area contributed by atoms with E-state index in [0.717, 1.165) is 17.1 Å². The van der Waals surface area contributed by atoms with Gasteiger partial charge < -0.3 is 19.5 Å². The molecule has 1 aliphatic rings. The third-order valence-electron chi connectivity index (χ3n) is 5.57. The lowest BCUT2D eigenvalue weighted by molar-refractivity contribution is -0.140. The van der Waals surface area contributed by atoms with Crippen LogP contribution < -0.4 is 5.32 Å². The third kappa shape index (κ3) is 4.46. The Bertz CT molecular complexity index is 1070. The molecule has 1 aliphatic heterocycles. The highest BCUT2D eigenvalue weighted by molar-refractivity contribution is 7.80. The predicted molar refractivity (Wildman–Crippen MR) is 124 cm³/mol. The summed E-state index contributed by atoms with van der Waals surface area (Å²) < 4.78 is 7.00. The highest BCUT2D eigenvalue weighted by Gasteiger charge is 2.41. The molecule has 1 N–H and O–H groups in total. The maximum Gasteiger partial charge on any atom is 0.305 e. The van der Waals surface area contributed by atoms with Crippen molar-refractivity contribution in [1.82, 2.24) is 19.8 Å². The summed E-state index contributed by atoms with van der Waals surface area (Å²) in [6.07, 6.45) is 4.89. The molecule has 0 amide bonds. The first-order valence-corrected chi connectivity index (χ1v) is 10.8. The molecule has 31 heavy (non-hydrogen) atoms. The smallest absolute Gasteiger partial charge is 0.305 e. The van der Waals surface area contributed by atoms with Gasteiger partial charge in [-0.1, -0.05) is 18.2 Å². The minimum Gasteiger partial charge on any atom is -0.469 e. The van der Waals surface area contributed by atoms with Gasteiger partial charge >= 0.3 is 5.97 Å². The molecule has 0 aliphatic carbocycles. The molecule has 4 rings (SSSR count). The zero-order chi connectivity index (χ0) is 21.8. The molecular weight excluding hydrogens is 408 g/mol. The molecule has 1 aromatic carbocycles. The number of hydrogen-bond acceptors (Lipinski definition) is 4. The van der Waals surface area contributed by atoms with E-state index in [4.69, 9.17) is 17.0 Å². The molecule has 0 unspecified atom stereocenters. The van der Waals surface area contributed by atoms with Crippen LogP contribution in [0.15, 0.2) is 67.0 Å². The number of hydrogen-bond donors (Lipinski definition) is 1. The minimum absolute atomic E-state index is 0.0597. The van der Waals surface area contributed by atoms with Gasteiger partial charge in [0.05, 0.1) is 24.9 Å². The topological polar surface area (TPSA) is 59.4 Å². The van der Waals surface area contributed by atoms with Crippen LogP contribution in [-0.2, 0) is 9.53 Å². The molecular formula is C24H26N4O2S. The summed E-state index contributed by atoms with van der Waals surface area (Å²) in [5.41, 5.74) is 4.36. The van der Waals surface area contributed by atoms with Crippen molar-refractivity contribution in [2.45, 2.75) is 31.8 Å². The second-order valence-electron chi connectivity index (χ2n) is 7.64. The summed E-state index contributed by atoms with van der Waals surface area (Å²) in [5.74, 6) is -0.209. The van der Waals surface area contributed by atoms with Crippen LogP contribution in [0.2, 0.25) is 0 Å². The number of thiocarbonyl (C=S) groups is 1. The molecule has 2 aromatic heterocycles. The Morgan fingerprint density at radius 3 is 2.81 bits per heavy atom. The van der Waals surface area contributed by atoms with Crippen molar-refractivity contribution >= 4 is 23.3 Å². The molecule has 2 atom stereocenters. The van der Waals surface area contributed by atoms with Crippen molar-refractivity contribution < 1.29 is 9.53 Å². The molecule has 0 bridgehead atoms. The number of nitrogens with zero attached hydrogens (tertiary/aromatic N) is 3. The number of aryl methyl sites for hydroxylation is 1. The summed E-state index contributed by atoms with van der Waals surface area (Å²) in [5, 5.41) is 4.14. The Hall–Kier alpha value is -3.19. The van der Waals surface area contributed by atoms with Crippen LogP contribution in [0.25, 0.3) is 5.69 Å². The lowest BCUT2D eigenvalue weighted by Crippen LogP contribution is -2.31. The number of benzene rings is 1. The van der Waals surface area contributed by atoms with E-state index in [-0.39, 0.29) is 18.1 Å². The number of methoxy groups -OCH3 is 1. The summed E-state index contributed by atoms with van der Waals surface area (Å²) in [7, 11) is 1.42. The van der Waals surface area contributed by atoms with Crippen LogP contribution in [0.1, 0.15) is 41.9 Å². The largest absolute Gasteiger partial charge is 0.469 e. The fourth-order valence-electron chi connectivity index (χ4n) is 4.11. The van der Waals surface area contributed by atoms with Gasteiger partial charge in [-0.25, -0.2) is 0 Å². The van der Waals surface area contributed by atoms with Gasteiger partial charge in [0.1, 0.15) is 0 Å². The van der Waals surface area contributed by atoms with E-state index in [0.29, 0.717) is 24.5 Å². The Morgan fingerprint density at radius 2 is 2.06 bits per heavy atom. The lowest BCUT2D eigenvalue weighted by Gasteiger charge is -2.29. The quantitative estimate of drug-likeness (QED) is 0.446. The number of esters is 1. The maximum atomic E-state index is 11.6. The number of ether oxygens (including phenoxy) is 1. The third-order valence-corrected chi connectivity index (χ3v) is 5.92. The fraction of sp³-hybridized carbons (Fsp3) is 0.292. The van der Waals surface area contributed by atoms with Gasteiger partial charge in [0, 0.05) is 36.7 Å². The monoisotopic (exact) mass is 434 g/mol. The fourth-order valence-corrected chi connectivity index (χ4v) is 4.44. The first-order valence-electron chi connectivity index (χ1n) is 10.4. The van der Waals surface area contributed by atoms with E-state index in [1.807, 2.05) is 18.2 Å². The second-order valence-corrected chi connectivity index (χ2v) is 8.03. The molecule has 7 heteroatoms. The first-order chi connectivity index (χ1) is 15.1. The average Bonchev–Trinajstić information content (AvgIpc) is 3.39. The number of carbonyl (C=O) groups excluding carboxylic acids is 1. The Balaban J connectivity index is 1.72. The number of aromatic nitrogens is 2. The van der Waals surface area contributed by atoms with Gasteiger partial charge in [-0.05, 0) is 67.5 Å². The molecule has 3 aromatic rings. The van der Waals surface area contributed by atoms with E-state index in [1.165, 1.54) is 12.7 Å². The van der Waals surface area contributed by atoms with E-state index in [1.54, 1.807) is 6.20 Å². The number of rotatable bonds is 7. The van der Waals surface area contributed by atoms with Crippen LogP contribution in [0, 0.1) is 6.92 Å². The summed E-state index contributed by atoms with van der Waals surface area (Å²) in [6, 6.07) is 18.4. The van der Waals surface area contributed by atoms with Crippen molar-refractivity contribution in [3.05, 3.63) is 83.9 Å². The van der Waals surface area contributed by atoms with Gasteiger partial charge in [-0.2, -0.15) is 0 Å². The number of carbonyl (C=O) groups is 1. The van der Waals surface area contributed by atoms with Gasteiger partial charge in [0.2, 0.25) is 0 Å². The zero-order valence-corrected chi connectivity index (χ0v) is 18.5. The number of nitrogens with one attached hydrogen (secondary N) is 1. The number of pyridine rings is 1. The minimum atomic E-state index is -0.209. The van der Waals surface area contributed by atoms with Gasteiger partial charge in [0.25, 0.3) is 0 Å². The molecule has 160 valence electrons. The summed E-state index contributed by atoms with van der Waals surface area (Å²) >= 11 is 5.72. The van der Waals surface area contributed by atoms with E-state index < -0.39 is 0 Å². The van der Waals surface area contributed by atoms with Crippen molar-refractivity contribution in [2.75, 3.05) is 13.7 Å². The van der Waals surface area contributed by atoms with E-state index in [2.05, 4.69) is 69.3 Å². The van der Waals surface area contributed by atoms with Gasteiger partial charge in [-0.15, -0.1) is 0 Å². The molecule has 1 saturated heterocycles. The van der Waals surface area contributed by atoms with Crippen molar-refractivity contribution in [2.24, 2.45) is 0 Å². The van der Waals surface area contributed by atoms with Gasteiger partial charge in [0.15, 0.2) is 5.11 Å². The van der Waals surface area contributed by atoms with Gasteiger partial charge in [-0.3, -0.25) is 9.78 Å². The Morgan fingerprint density at radius 1 is 1.19 bits per heavy atom. The van der Waals surface area contributed by atoms with Crippen molar-refractivity contribution in [3.8, 4) is 5.69 Å². The SMILES string of the molecule is COC(=O)CCCN1C(=S)N[C@H](c2ccccn2)[C@@H]1c1cccn1-c1cccc(C)c1. The lowest BCUT2D eigenvalue weighted by atomic mass is 10.0. The van der Waals surface area contributed by atoms with Crippen LogP contribution in [0.5, 0.6) is 0 Å². The Labute approximate surface area is 187 Å². The second kappa shape index (κ2) is 9.31. The highest BCUT2D eigenvalue weighted by atomic mass is 32.1.